The molecule has 1 aromatic carbocycles. The highest BCUT2D eigenvalue weighted by atomic mass is 35.5. The molecule has 5 nitrogen and oxygen atoms in total. The summed E-state index contributed by atoms with van der Waals surface area (Å²) >= 11 is 12.7. The Morgan fingerprint density at radius 2 is 2.04 bits per heavy atom. The first-order valence-electron chi connectivity index (χ1n) is 7.98. The van der Waals surface area contributed by atoms with Gasteiger partial charge in [-0.15, -0.1) is 0 Å². The Labute approximate surface area is 160 Å². The van der Waals surface area contributed by atoms with Crippen molar-refractivity contribution in [2.45, 2.75) is 13.8 Å². The van der Waals surface area contributed by atoms with Crippen LogP contribution in [0.15, 0.2) is 24.4 Å². The topological polar surface area (TPSA) is 57.2 Å². The molecule has 8 heteroatoms. The van der Waals surface area contributed by atoms with Crippen LogP contribution in [-0.2, 0) is 0 Å². The van der Waals surface area contributed by atoms with Crippen LogP contribution in [0.3, 0.4) is 0 Å². The molecule has 0 bridgehead atoms. The number of nitrogens with zero attached hydrogens (tertiary/aromatic N) is 5. The van der Waals surface area contributed by atoms with Gasteiger partial charge in [-0.1, -0.05) is 43.1 Å². The molecule has 2 aromatic heterocycles. The van der Waals surface area contributed by atoms with Gasteiger partial charge in [0.2, 0.25) is 0 Å². The van der Waals surface area contributed by atoms with Crippen LogP contribution in [0, 0.1) is 23.1 Å². The molecule has 0 fully saturated rings. The molecule has 0 radical (unpaired) electrons. The molecule has 0 aliphatic rings. The number of hydrogen-bond donors (Lipinski definition) is 0. The van der Waals surface area contributed by atoms with Gasteiger partial charge in [-0.3, -0.25) is 0 Å². The second kappa shape index (κ2) is 7.10. The summed E-state index contributed by atoms with van der Waals surface area (Å²) in [5.74, 6) is 0.353. The molecule has 0 N–H and O–H groups in total. The van der Waals surface area contributed by atoms with Crippen molar-refractivity contribution in [1.82, 2.24) is 14.6 Å². The van der Waals surface area contributed by atoms with E-state index in [0.717, 1.165) is 0 Å². The minimum absolute atomic E-state index is 0.0621. The first-order valence-corrected chi connectivity index (χ1v) is 8.73. The van der Waals surface area contributed by atoms with E-state index >= 15 is 0 Å². The first kappa shape index (κ1) is 18.4. The summed E-state index contributed by atoms with van der Waals surface area (Å²) in [4.78, 5) is 6.19. The lowest BCUT2D eigenvalue weighted by molar-refractivity contribution is 0.625. The molecule has 26 heavy (non-hydrogen) atoms. The normalized spacial score (nSPS) is 11.2. The van der Waals surface area contributed by atoms with Gasteiger partial charge in [-0.2, -0.15) is 14.9 Å². The highest BCUT2D eigenvalue weighted by molar-refractivity contribution is 6.36. The van der Waals surface area contributed by atoms with Crippen LogP contribution in [-0.4, -0.2) is 28.2 Å². The largest absolute Gasteiger partial charge is 0.359 e. The lowest BCUT2D eigenvalue weighted by Crippen LogP contribution is -2.26. The van der Waals surface area contributed by atoms with Crippen LogP contribution in [0.4, 0.5) is 10.2 Å². The fourth-order valence-electron chi connectivity index (χ4n) is 2.97. The van der Waals surface area contributed by atoms with Gasteiger partial charge in [0.15, 0.2) is 5.65 Å². The van der Waals surface area contributed by atoms with Gasteiger partial charge in [0.25, 0.3) is 0 Å². The molecule has 0 unspecified atom stereocenters. The van der Waals surface area contributed by atoms with E-state index in [9.17, 15) is 9.65 Å². The Morgan fingerprint density at radius 3 is 2.65 bits per heavy atom. The molecule has 0 aliphatic carbocycles. The van der Waals surface area contributed by atoms with E-state index in [2.05, 4.69) is 23.9 Å². The minimum Gasteiger partial charge on any atom is -0.359 e. The standard InChI is InChI=1S/C18H16Cl2FN5/c1-10(2)9-25(3)18-15(14-12(19)5-4-6-13(14)21)16(20)24-17-11(7-22)8-23-26(17)18/h4-6,8,10H,9H2,1-3H3. The Balaban J connectivity index is 2.42. The van der Waals surface area contributed by atoms with Gasteiger partial charge in [-0.25, -0.2) is 9.37 Å². The van der Waals surface area contributed by atoms with Crippen LogP contribution in [0.1, 0.15) is 19.4 Å². The second-order valence-electron chi connectivity index (χ2n) is 6.38. The Morgan fingerprint density at radius 1 is 1.31 bits per heavy atom. The zero-order valence-corrected chi connectivity index (χ0v) is 16.0. The molecule has 0 saturated heterocycles. The van der Waals surface area contributed by atoms with E-state index in [0.29, 0.717) is 29.5 Å². The van der Waals surface area contributed by atoms with E-state index in [1.807, 2.05) is 18.0 Å². The third kappa shape index (κ3) is 3.09. The zero-order valence-electron chi connectivity index (χ0n) is 14.5. The van der Waals surface area contributed by atoms with Crippen molar-refractivity contribution in [2.24, 2.45) is 5.92 Å². The van der Waals surface area contributed by atoms with Crippen LogP contribution >= 0.6 is 23.2 Å². The van der Waals surface area contributed by atoms with Gasteiger partial charge in [-0.05, 0) is 18.1 Å². The summed E-state index contributed by atoms with van der Waals surface area (Å²) in [7, 11) is 1.86. The number of benzene rings is 1. The van der Waals surface area contributed by atoms with Gasteiger partial charge in [0, 0.05) is 19.2 Å². The Hall–Kier alpha value is -2.36. The molecular formula is C18H16Cl2FN5. The quantitative estimate of drug-likeness (QED) is 0.598. The van der Waals surface area contributed by atoms with Gasteiger partial charge < -0.3 is 4.90 Å². The van der Waals surface area contributed by atoms with Crippen LogP contribution in [0.25, 0.3) is 16.8 Å². The summed E-state index contributed by atoms with van der Waals surface area (Å²) in [5, 5.41) is 13.8. The molecule has 2 heterocycles. The Kier molecular flexibility index (Phi) is 5.03. The van der Waals surface area contributed by atoms with Crippen molar-refractivity contribution in [3.8, 4) is 17.2 Å². The maximum atomic E-state index is 14.6. The second-order valence-corrected chi connectivity index (χ2v) is 7.14. The number of rotatable bonds is 4. The highest BCUT2D eigenvalue weighted by Gasteiger charge is 2.25. The van der Waals surface area contributed by atoms with Crippen LogP contribution in [0.5, 0.6) is 0 Å². The van der Waals surface area contributed by atoms with E-state index in [1.165, 1.54) is 22.8 Å². The number of aromatic nitrogens is 3. The molecule has 0 spiro atoms. The van der Waals surface area contributed by atoms with E-state index in [4.69, 9.17) is 23.2 Å². The lowest BCUT2D eigenvalue weighted by atomic mass is 10.1. The number of halogens is 3. The van der Waals surface area contributed by atoms with Gasteiger partial charge >= 0.3 is 0 Å². The molecular weight excluding hydrogens is 376 g/mol. The monoisotopic (exact) mass is 391 g/mol. The summed E-state index contributed by atoms with van der Waals surface area (Å²) in [5.41, 5.74) is 1.11. The van der Waals surface area contributed by atoms with Gasteiger partial charge in [0.05, 0.1) is 16.8 Å². The third-order valence-corrected chi connectivity index (χ3v) is 4.50. The summed E-state index contributed by atoms with van der Waals surface area (Å²) < 4.78 is 16.1. The van der Waals surface area contributed by atoms with E-state index in [1.54, 1.807) is 6.07 Å². The maximum Gasteiger partial charge on any atom is 0.176 e. The zero-order chi connectivity index (χ0) is 19.0. The average Bonchev–Trinajstić information content (AvgIpc) is 2.96. The van der Waals surface area contributed by atoms with Crippen molar-refractivity contribution in [1.29, 1.82) is 5.26 Å². The summed E-state index contributed by atoms with van der Waals surface area (Å²) in [6.45, 7) is 4.79. The fourth-order valence-corrected chi connectivity index (χ4v) is 3.49. The first-order chi connectivity index (χ1) is 12.3. The van der Waals surface area contributed by atoms with Crippen molar-refractivity contribution in [2.75, 3.05) is 18.5 Å². The van der Waals surface area contributed by atoms with Gasteiger partial charge in [0.1, 0.15) is 28.4 Å². The lowest BCUT2D eigenvalue weighted by Gasteiger charge is -2.25. The molecule has 0 amide bonds. The smallest absolute Gasteiger partial charge is 0.176 e. The molecule has 0 aliphatic heterocycles. The third-order valence-electron chi connectivity index (χ3n) is 3.91. The maximum absolute atomic E-state index is 14.6. The van der Waals surface area contributed by atoms with Crippen molar-refractivity contribution in [3.05, 3.63) is 46.0 Å². The van der Waals surface area contributed by atoms with Crippen LogP contribution in [0.2, 0.25) is 10.2 Å². The fraction of sp³-hybridized carbons (Fsp3) is 0.278. The molecule has 0 saturated carbocycles. The predicted octanol–water partition coefficient (Wildman–Crippen LogP) is 4.81. The van der Waals surface area contributed by atoms with Crippen molar-refractivity contribution in [3.63, 3.8) is 0 Å². The molecule has 0 atom stereocenters. The number of nitriles is 1. The number of anilines is 1. The van der Waals surface area contributed by atoms with Crippen LogP contribution < -0.4 is 4.90 Å². The highest BCUT2D eigenvalue weighted by Crippen LogP contribution is 2.41. The molecule has 3 rings (SSSR count). The average molecular weight is 392 g/mol. The minimum atomic E-state index is -0.507. The van der Waals surface area contributed by atoms with E-state index < -0.39 is 5.82 Å². The van der Waals surface area contributed by atoms with E-state index in [-0.39, 0.29) is 21.3 Å². The SMILES string of the molecule is CC(C)CN(C)c1c(-c2c(F)cccc2Cl)c(Cl)nc2c(C#N)cnn12. The van der Waals surface area contributed by atoms with Crippen molar-refractivity contribution < 1.29 is 4.39 Å². The molecule has 3 aromatic rings. The number of hydrogen-bond acceptors (Lipinski definition) is 4. The predicted molar refractivity (Wildman–Crippen MR) is 101 cm³/mol. The van der Waals surface area contributed by atoms with Crippen molar-refractivity contribution >= 4 is 34.7 Å². The Bertz CT molecular complexity index is 1000. The number of fused-ring (bicyclic) bond motifs is 1. The summed E-state index contributed by atoms with van der Waals surface area (Å²) in [6, 6.07) is 6.48. The molecule has 134 valence electrons. The summed E-state index contributed by atoms with van der Waals surface area (Å²) in [6.07, 6.45) is 1.41.